The monoisotopic (exact) mass is 515 g/mol. The number of carbonyl (C=O) groups is 6. The number of esters is 1. The van der Waals surface area contributed by atoms with Gasteiger partial charge in [0.15, 0.2) is 18.5 Å². The van der Waals surface area contributed by atoms with Crippen molar-refractivity contribution in [2.24, 2.45) is 5.73 Å². The molecule has 0 radical (unpaired) electrons. The lowest BCUT2D eigenvalue weighted by atomic mass is 10.1. The number of hydrazine groups is 1. The average molecular weight is 516 g/mol. The highest BCUT2D eigenvalue weighted by Gasteiger charge is 2.46. The SMILES string of the molecule is CCCCCCC(=O)NC(C)C(=O)N[C@@H](C)C(=O)NN(C)CC(N)=O.CCCOC(=O)C1OC1C=O. The quantitative estimate of drug-likeness (QED) is 0.0678. The fraction of sp³-hybridized carbons (Fsp3) is 0.739. The summed E-state index contributed by atoms with van der Waals surface area (Å²) < 4.78 is 9.41. The smallest absolute Gasteiger partial charge is 0.338 e. The highest BCUT2D eigenvalue weighted by atomic mass is 16.6. The van der Waals surface area contributed by atoms with Gasteiger partial charge in [-0.05, 0) is 26.7 Å². The molecule has 3 unspecified atom stereocenters. The van der Waals surface area contributed by atoms with Gasteiger partial charge in [-0.1, -0.05) is 33.1 Å². The van der Waals surface area contributed by atoms with E-state index >= 15 is 0 Å². The molecule has 0 saturated carbocycles. The van der Waals surface area contributed by atoms with E-state index in [9.17, 15) is 28.8 Å². The largest absolute Gasteiger partial charge is 0.464 e. The number of rotatable bonds is 16. The summed E-state index contributed by atoms with van der Waals surface area (Å²) in [6.45, 7) is 7.31. The number of carbonyl (C=O) groups excluding carboxylic acids is 6. The third-order valence-corrected chi connectivity index (χ3v) is 4.81. The van der Waals surface area contributed by atoms with Crippen LogP contribution >= 0.6 is 0 Å². The van der Waals surface area contributed by atoms with Gasteiger partial charge in [-0.3, -0.25) is 24.6 Å². The molecule has 0 aromatic rings. The maximum atomic E-state index is 12.0. The number of nitrogens with one attached hydrogen (secondary N) is 3. The first kappa shape index (κ1) is 32.9. The van der Waals surface area contributed by atoms with Crippen LogP contribution in [-0.4, -0.2) is 85.4 Å². The first-order valence-corrected chi connectivity index (χ1v) is 12.1. The van der Waals surface area contributed by atoms with E-state index in [0.717, 1.165) is 32.1 Å². The molecular weight excluding hydrogens is 474 g/mol. The molecular formula is C23H41N5O8. The number of likely N-dealkylation sites (N-methyl/N-ethyl adjacent to an activating group) is 1. The average Bonchev–Trinajstić information content (AvgIpc) is 3.60. The van der Waals surface area contributed by atoms with Gasteiger partial charge in [-0.25, -0.2) is 9.80 Å². The number of aldehydes is 1. The Morgan fingerprint density at radius 2 is 1.64 bits per heavy atom. The van der Waals surface area contributed by atoms with Gasteiger partial charge >= 0.3 is 5.97 Å². The molecule has 0 bridgehead atoms. The highest BCUT2D eigenvalue weighted by Crippen LogP contribution is 2.20. The molecule has 0 aliphatic carbocycles. The van der Waals surface area contributed by atoms with E-state index in [1.54, 1.807) is 6.92 Å². The minimum atomic E-state index is -0.827. The highest BCUT2D eigenvalue weighted by molar-refractivity contribution is 5.91. The molecule has 5 N–H and O–H groups in total. The fourth-order valence-electron chi connectivity index (χ4n) is 2.76. The number of ether oxygens (including phenoxy) is 2. The zero-order valence-corrected chi connectivity index (χ0v) is 21.8. The summed E-state index contributed by atoms with van der Waals surface area (Å²) in [5, 5.41) is 6.36. The van der Waals surface area contributed by atoms with Gasteiger partial charge in [0, 0.05) is 13.5 Å². The van der Waals surface area contributed by atoms with Crippen LogP contribution in [0.5, 0.6) is 0 Å². The summed E-state index contributed by atoms with van der Waals surface area (Å²) in [7, 11) is 1.48. The molecule has 4 amide bonds. The van der Waals surface area contributed by atoms with Crippen molar-refractivity contribution in [3.8, 4) is 0 Å². The van der Waals surface area contributed by atoms with Crippen molar-refractivity contribution >= 4 is 35.9 Å². The lowest BCUT2D eigenvalue weighted by Gasteiger charge is -2.21. The van der Waals surface area contributed by atoms with Crippen molar-refractivity contribution < 1.29 is 38.2 Å². The van der Waals surface area contributed by atoms with E-state index in [1.807, 2.05) is 6.92 Å². The van der Waals surface area contributed by atoms with Crippen LogP contribution in [0.2, 0.25) is 0 Å². The van der Waals surface area contributed by atoms with Gasteiger partial charge in [0.2, 0.25) is 17.7 Å². The van der Waals surface area contributed by atoms with Crippen molar-refractivity contribution in [2.45, 2.75) is 90.5 Å². The number of nitrogens with two attached hydrogens (primary N) is 1. The van der Waals surface area contributed by atoms with Crippen LogP contribution in [0, 0.1) is 0 Å². The van der Waals surface area contributed by atoms with E-state index < -0.39 is 48.0 Å². The van der Waals surface area contributed by atoms with E-state index in [-0.39, 0.29) is 12.5 Å². The third-order valence-electron chi connectivity index (χ3n) is 4.81. The Morgan fingerprint density at radius 3 is 2.17 bits per heavy atom. The molecule has 0 spiro atoms. The number of nitrogens with zero attached hydrogens (tertiary/aromatic N) is 1. The van der Waals surface area contributed by atoms with Gasteiger partial charge in [0.05, 0.1) is 13.2 Å². The molecule has 1 aliphatic heterocycles. The van der Waals surface area contributed by atoms with Gasteiger partial charge in [0.1, 0.15) is 12.1 Å². The second-order valence-electron chi connectivity index (χ2n) is 8.45. The first-order chi connectivity index (χ1) is 17.0. The number of hydrogen-bond donors (Lipinski definition) is 4. The first-order valence-electron chi connectivity index (χ1n) is 12.1. The van der Waals surface area contributed by atoms with Crippen LogP contribution in [0.4, 0.5) is 0 Å². The summed E-state index contributed by atoms with van der Waals surface area (Å²) in [5.74, 6) is -2.15. The van der Waals surface area contributed by atoms with Crippen LogP contribution in [0.15, 0.2) is 0 Å². The summed E-state index contributed by atoms with van der Waals surface area (Å²) in [4.78, 5) is 67.3. The number of unbranched alkanes of at least 4 members (excludes halogenated alkanes) is 3. The van der Waals surface area contributed by atoms with E-state index in [4.69, 9.17) is 10.5 Å². The molecule has 1 saturated heterocycles. The summed E-state index contributed by atoms with van der Waals surface area (Å²) >= 11 is 0. The number of hydrogen-bond acceptors (Lipinski definition) is 9. The Hall–Kier alpha value is -3.06. The lowest BCUT2D eigenvalue weighted by molar-refractivity contribution is -0.145. The molecule has 1 fully saturated rings. The lowest BCUT2D eigenvalue weighted by Crippen LogP contribution is -2.54. The fourth-order valence-corrected chi connectivity index (χ4v) is 2.76. The van der Waals surface area contributed by atoms with Gasteiger partial charge in [0.25, 0.3) is 5.91 Å². The standard InChI is InChI=1S/C16H31N5O4.C7H10O4/c1-5-6-7-8-9-14(23)18-11(2)15(24)19-12(3)16(25)20-21(4)10-13(17)22;1-2-3-10-7(9)6-5(4-8)11-6/h11-12H,5-10H2,1-4H3,(H2,17,22)(H,18,23)(H,19,24)(H,20,25);4-6H,2-3H2,1H3/t11?,12-;/m0./s1. The zero-order chi connectivity index (χ0) is 27.7. The molecule has 13 nitrogen and oxygen atoms in total. The van der Waals surface area contributed by atoms with Gasteiger partial charge < -0.3 is 30.6 Å². The predicted octanol–water partition coefficient (Wildman–Crippen LogP) is -0.680. The summed E-state index contributed by atoms with van der Waals surface area (Å²) in [6.07, 6.45) is 4.54. The zero-order valence-electron chi connectivity index (χ0n) is 21.8. The molecule has 13 heteroatoms. The number of primary amides is 1. The van der Waals surface area contributed by atoms with Crippen molar-refractivity contribution in [3.05, 3.63) is 0 Å². The van der Waals surface area contributed by atoms with Crippen LogP contribution < -0.4 is 21.8 Å². The molecule has 1 rings (SSSR count). The minimum Gasteiger partial charge on any atom is -0.464 e. The van der Waals surface area contributed by atoms with Crippen molar-refractivity contribution in [3.63, 3.8) is 0 Å². The molecule has 4 atom stereocenters. The predicted molar refractivity (Wildman–Crippen MR) is 130 cm³/mol. The summed E-state index contributed by atoms with van der Waals surface area (Å²) in [5.41, 5.74) is 7.45. The second kappa shape index (κ2) is 18.2. The molecule has 36 heavy (non-hydrogen) atoms. The summed E-state index contributed by atoms with van der Waals surface area (Å²) in [6, 6.07) is -1.57. The van der Waals surface area contributed by atoms with Crippen LogP contribution in [0.1, 0.15) is 66.2 Å². The number of amides is 4. The van der Waals surface area contributed by atoms with Gasteiger partial charge in [-0.2, -0.15) is 0 Å². The van der Waals surface area contributed by atoms with Crippen LogP contribution in [-0.2, 0) is 38.2 Å². The second-order valence-corrected chi connectivity index (χ2v) is 8.45. The molecule has 1 heterocycles. The van der Waals surface area contributed by atoms with Gasteiger partial charge in [-0.15, -0.1) is 0 Å². The van der Waals surface area contributed by atoms with E-state index in [0.29, 0.717) is 19.3 Å². The van der Waals surface area contributed by atoms with Crippen LogP contribution in [0.3, 0.4) is 0 Å². The molecule has 206 valence electrons. The van der Waals surface area contributed by atoms with E-state index in [2.05, 4.69) is 27.7 Å². The van der Waals surface area contributed by atoms with Crippen molar-refractivity contribution in [1.29, 1.82) is 0 Å². The molecule has 1 aliphatic rings. The van der Waals surface area contributed by atoms with Crippen molar-refractivity contribution in [1.82, 2.24) is 21.1 Å². The minimum absolute atomic E-state index is 0.142. The normalized spacial score (nSPS) is 17.5. The van der Waals surface area contributed by atoms with E-state index in [1.165, 1.54) is 19.0 Å². The Bertz CT molecular complexity index is 748. The van der Waals surface area contributed by atoms with Crippen LogP contribution in [0.25, 0.3) is 0 Å². The Kier molecular flexibility index (Phi) is 16.7. The van der Waals surface area contributed by atoms with Crippen molar-refractivity contribution in [2.75, 3.05) is 20.2 Å². The molecule has 0 aromatic heterocycles. The Morgan fingerprint density at radius 1 is 1.00 bits per heavy atom. The molecule has 0 aromatic carbocycles. The maximum Gasteiger partial charge on any atom is 0.338 e. The Labute approximate surface area is 212 Å². The maximum absolute atomic E-state index is 12.0. The number of epoxide rings is 1. The Balaban J connectivity index is 0.000000918. The third kappa shape index (κ3) is 15.0. The topological polar surface area (TPSA) is 190 Å².